The zero-order chi connectivity index (χ0) is 15.0. The third kappa shape index (κ3) is 2.81. The molecule has 1 aliphatic rings. The number of aromatic nitrogens is 2. The van der Waals surface area contributed by atoms with Gasteiger partial charge in [0.2, 0.25) is 0 Å². The molecule has 8 heteroatoms. The topological polar surface area (TPSA) is 55.2 Å². The van der Waals surface area contributed by atoms with Crippen molar-refractivity contribution in [2.45, 2.75) is 29.5 Å². The molecular weight excluding hydrogens is 374 g/mol. The second kappa shape index (κ2) is 5.83. The third-order valence-corrected chi connectivity index (χ3v) is 7.76. The molecule has 2 aromatic rings. The highest BCUT2D eigenvalue weighted by Crippen LogP contribution is 2.37. The standard InChI is InChI=1S/C13H16BrN3O2S2/c1-16-10(7-8-15-16)11-4-2-3-9-17(11)21(18,19)13-6-5-12(14)20-13/h5-8,11H,2-4,9H2,1H3. The van der Waals surface area contributed by atoms with Crippen LogP contribution < -0.4 is 0 Å². The van der Waals surface area contributed by atoms with E-state index in [1.54, 1.807) is 27.3 Å². The number of hydrogen-bond acceptors (Lipinski definition) is 4. The van der Waals surface area contributed by atoms with Crippen molar-refractivity contribution < 1.29 is 8.42 Å². The lowest BCUT2D eigenvalue weighted by Crippen LogP contribution is -2.38. The minimum Gasteiger partial charge on any atom is -0.271 e. The van der Waals surface area contributed by atoms with Crippen LogP contribution in [0.5, 0.6) is 0 Å². The van der Waals surface area contributed by atoms with E-state index in [2.05, 4.69) is 21.0 Å². The maximum absolute atomic E-state index is 12.9. The van der Waals surface area contributed by atoms with Gasteiger partial charge < -0.3 is 0 Å². The van der Waals surface area contributed by atoms with Crippen molar-refractivity contribution in [1.82, 2.24) is 14.1 Å². The van der Waals surface area contributed by atoms with Gasteiger partial charge in [0.15, 0.2) is 0 Å². The normalized spacial score (nSPS) is 20.8. The van der Waals surface area contributed by atoms with Gasteiger partial charge in [0.25, 0.3) is 10.0 Å². The van der Waals surface area contributed by atoms with E-state index in [-0.39, 0.29) is 6.04 Å². The summed E-state index contributed by atoms with van der Waals surface area (Å²) in [4.78, 5) is 0. The Morgan fingerprint density at radius 3 is 2.76 bits per heavy atom. The van der Waals surface area contributed by atoms with Crippen molar-refractivity contribution in [3.8, 4) is 0 Å². The van der Waals surface area contributed by atoms with Crippen LogP contribution >= 0.6 is 27.3 Å². The summed E-state index contributed by atoms with van der Waals surface area (Å²) in [6, 6.07) is 5.22. The third-order valence-electron chi connectivity index (χ3n) is 3.77. The number of nitrogens with zero attached hydrogens (tertiary/aromatic N) is 3. The summed E-state index contributed by atoms with van der Waals surface area (Å²) in [6.07, 6.45) is 4.50. The first-order valence-corrected chi connectivity index (χ1v) is 9.80. The number of thiophene rings is 1. The summed E-state index contributed by atoms with van der Waals surface area (Å²) in [7, 11) is -1.59. The number of sulfonamides is 1. The van der Waals surface area contributed by atoms with E-state index in [0.29, 0.717) is 10.8 Å². The average Bonchev–Trinajstić information content (AvgIpc) is 3.08. The van der Waals surface area contributed by atoms with Crippen LogP contribution in [0.4, 0.5) is 0 Å². The van der Waals surface area contributed by atoms with Crippen molar-refractivity contribution >= 4 is 37.3 Å². The largest absolute Gasteiger partial charge is 0.271 e. The van der Waals surface area contributed by atoms with Crippen LogP contribution in [0.25, 0.3) is 0 Å². The van der Waals surface area contributed by atoms with Crippen LogP contribution in [0, 0.1) is 0 Å². The van der Waals surface area contributed by atoms with E-state index in [0.717, 1.165) is 28.7 Å². The molecule has 3 rings (SSSR count). The second-order valence-electron chi connectivity index (χ2n) is 5.07. The van der Waals surface area contributed by atoms with Crippen molar-refractivity contribution in [2.24, 2.45) is 7.05 Å². The Hall–Kier alpha value is -0.700. The lowest BCUT2D eigenvalue weighted by atomic mass is 10.0. The molecule has 1 fully saturated rings. The van der Waals surface area contributed by atoms with Crippen LogP contribution in [-0.2, 0) is 17.1 Å². The molecule has 0 N–H and O–H groups in total. The van der Waals surface area contributed by atoms with Gasteiger partial charge in [-0.25, -0.2) is 8.42 Å². The molecule has 0 saturated carbocycles. The molecule has 0 radical (unpaired) electrons. The summed E-state index contributed by atoms with van der Waals surface area (Å²) in [6.45, 7) is 0.563. The molecule has 1 unspecified atom stereocenters. The van der Waals surface area contributed by atoms with E-state index in [9.17, 15) is 8.42 Å². The fourth-order valence-electron chi connectivity index (χ4n) is 2.75. The van der Waals surface area contributed by atoms with Crippen molar-refractivity contribution in [3.05, 3.63) is 33.9 Å². The van der Waals surface area contributed by atoms with Gasteiger partial charge in [0.1, 0.15) is 4.21 Å². The fourth-order valence-corrected chi connectivity index (χ4v) is 6.56. The number of piperidine rings is 1. The molecule has 0 amide bonds. The molecule has 3 heterocycles. The van der Waals surface area contributed by atoms with Crippen molar-refractivity contribution in [3.63, 3.8) is 0 Å². The van der Waals surface area contributed by atoms with Gasteiger partial charge in [0, 0.05) is 19.8 Å². The molecule has 1 aliphatic heterocycles. The number of halogens is 1. The minimum absolute atomic E-state index is 0.128. The first kappa shape index (κ1) is 15.2. The van der Waals surface area contributed by atoms with Crippen LogP contribution in [0.1, 0.15) is 31.0 Å². The fraction of sp³-hybridized carbons (Fsp3) is 0.462. The van der Waals surface area contributed by atoms with Gasteiger partial charge in [-0.2, -0.15) is 9.40 Å². The van der Waals surface area contributed by atoms with Gasteiger partial charge in [0.05, 0.1) is 15.5 Å². The number of aryl methyl sites for hydroxylation is 1. The number of rotatable bonds is 3. The molecule has 0 aliphatic carbocycles. The Morgan fingerprint density at radius 1 is 1.33 bits per heavy atom. The van der Waals surface area contributed by atoms with E-state index in [1.807, 2.05) is 13.1 Å². The molecular formula is C13H16BrN3O2S2. The van der Waals surface area contributed by atoms with Crippen LogP contribution in [0.15, 0.2) is 32.4 Å². The van der Waals surface area contributed by atoms with E-state index < -0.39 is 10.0 Å². The lowest BCUT2D eigenvalue weighted by molar-refractivity contribution is 0.246. The zero-order valence-electron chi connectivity index (χ0n) is 11.6. The summed E-state index contributed by atoms with van der Waals surface area (Å²) in [5, 5.41) is 4.18. The van der Waals surface area contributed by atoms with Crippen LogP contribution in [0.3, 0.4) is 0 Å². The summed E-state index contributed by atoms with van der Waals surface area (Å²) in [5.41, 5.74) is 0.953. The molecule has 5 nitrogen and oxygen atoms in total. The predicted molar refractivity (Wildman–Crippen MR) is 85.7 cm³/mol. The number of hydrogen-bond donors (Lipinski definition) is 0. The molecule has 114 valence electrons. The van der Waals surface area contributed by atoms with E-state index in [1.165, 1.54) is 11.3 Å². The Kier molecular flexibility index (Phi) is 4.22. The first-order valence-electron chi connectivity index (χ1n) is 6.75. The highest BCUT2D eigenvalue weighted by molar-refractivity contribution is 9.11. The molecule has 0 bridgehead atoms. The van der Waals surface area contributed by atoms with Gasteiger partial charge in [-0.1, -0.05) is 6.42 Å². The van der Waals surface area contributed by atoms with Gasteiger partial charge in [-0.05, 0) is 47.0 Å². The van der Waals surface area contributed by atoms with Gasteiger partial charge in [-0.3, -0.25) is 4.68 Å². The second-order valence-corrected chi connectivity index (χ2v) is 9.65. The predicted octanol–water partition coefficient (Wildman–Crippen LogP) is 3.16. The van der Waals surface area contributed by atoms with Gasteiger partial charge in [-0.15, -0.1) is 11.3 Å². The molecule has 1 atom stereocenters. The first-order chi connectivity index (χ1) is 10.00. The highest BCUT2D eigenvalue weighted by atomic mass is 79.9. The lowest BCUT2D eigenvalue weighted by Gasteiger charge is -2.34. The summed E-state index contributed by atoms with van der Waals surface area (Å²) < 4.78 is 30.4. The monoisotopic (exact) mass is 389 g/mol. The summed E-state index contributed by atoms with van der Waals surface area (Å²) >= 11 is 4.59. The molecule has 21 heavy (non-hydrogen) atoms. The Labute approximate surface area is 136 Å². The quantitative estimate of drug-likeness (QED) is 0.809. The van der Waals surface area contributed by atoms with Crippen LogP contribution in [-0.4, -0.2) is 29.0 Å². The Morgan fingerprint density at radius 2 is 2.14 bits per heavy atom. The van der Waals surface area contributed by atoms with E-state index in [4.69, 9.17) is 0 Å². The molecule has 1 saturated heterocycles. The Bertz CT molecular complexity index is 738. The Balaban J connectivity index is 2.00. The van der Waals surface area contributed by atoms with E-state index >= 15 is 0 Å². The SMILES string of the molecule is Cn1nccc1C1CCCCN1S(=O)(=O)c1ccc(Br)s1. The van der Waals surface area contributed by atoms with Crippen molar-refractivity contribution in [1.29, 1.82) is 0 Å². The maximum atomic E-state index is 12.9. The van der Waals surface area contributed by atoms with Crippen molar-refractivity contribution in [2.75, 3.05) is 6.54 Å². The zero-order valence-corrected chi connectivity index (χ0v) is 14.8. The van der Waals surface area contributed by atoms with Crippen LogP contribution in [0.2, 0.25) is 0 Å². The van der Waals surface area contributed by atoms with Gasteiger partial charge >= 0.3 is 0 Å². The molecule has 0 aromatic carbocycles. The summed E-state index contributed by atoms with van der Waals surface area (Å²) in [5.74, 6) is 0. The smallest absolute Gasteiger partial charge is 0.253 e. The average molecular weight is 390 g/mol. The molecule has 0 spiro atoms. The highest BCUT2D eigenvalue weighted by Gasteiger charge is 2.36. The minimum atomic E-state index is -3.45. The maximum Gasteiger partial charge on any atom is 0.253 e. The molecule has 2 aromatic heterocycles.